The van der Waals surface area contributed by atoms with Gasteiger partial charge in [-0.1, -0.05) is 124 Å². The van der Waals surface area contributed by atoms with Gasteiger partial charge >= 0.3 is 54.8 Å². The number of carbonyl (C=O) groups is 9. The Labute approximate surface area is 511 Å². The van der Waals surface area contributed by atoms with Gasteiger partial charge in [0.2, 0.25) is 0 Å². The smallest absolute Gasteiger partial charge is 0.462 e. The van der Waals surface area contributed by atoms with Crippen molar-refractivity contribution in [2.24, 2.45) is 0 Å². The number of ether oxygens (including phenoxy) is 15. The van der Waals surface area contributed by atoms with Crippen molar-refractivity contribution in [3.8, 4) is 0 Å². The van der Waals surface area contributed by atoms with Crippen LogP contribution in [-0.4, -0.2) is 147 Å². The summed E-state index contributed by atoms with van der Waals surface area (Å²) in [5.74, 6) is -1.45. The molecule has 24 nitrogen and oxygen atoms in total. The first kappa shape index (κ1) is 70.1. The second-order valence-electron chi connectivity index (χ2n) is 23.9. The van der Waals surface area contributed by atoms with Crippen molar-refractivity contribution < 1.29 is 114 Å². The van der Waals surface area contributed by atoms with Crippen molar-refractivity contribution >= 4 is 54.8 Å². The van der Waals surface area contributed by atoms with E-state index in [4.69, 9.17) is 71.1 Å². The van der Waals surface area contributed by atoms with Crippen molar-refractivity contribution in [1.82, 2.24) is 0 Å². The molecule has 0 N–H and O–H groups in total. The topological polar surface area (TPSA) is 292 Å². The molecule has 13 unspecified atom stereocenters. The van der Waals surface area contributed by atoms with E-state index in [9.17, 15) is 43.2 Å². The van der Waals surface area contributed by atoms with E-state index in [1.54, 1.807) is 0 Å². The van der Waals surface area contributed by atoms with Gasteiger partial charge in [0.1, 0.15) is 86.5 Å². The summed E-state index contributed by atoms with van der Waals surface area (Å²) >= 11 is 0. The van der Waals surface area contributed by atoms with Gasteiger partial charge in [0.15, 0.2) is 6.10 Å². The predicted octanol–water partition coefficient (Wildman–Crippen LogP) is 13.5. The highest BCUT2D eigenvalue weighted by Crippen LogP contribution is 2.35. The zero-order valence-corrected chi connectivity index (χ0v) is 51.7. The molecule has 6 saturated heterocycles. The van der Waals surface area contributed by atoms with Crippen LogP contribution >= 0.6 is 0 Å². The first-order valence-corrected chi connectivity index (χ1v) is 32.9. The summed E-state index contributed by atoms with van der Waals surface area (Å²) in [6, 6.07) is 0. The summed E-state index contributed by atoms with van der Waals surface area (Å²) < 4.78 is 81.5. The molecule has 13 atom stereocenters. The highest BCUT2D eigenvalue weighted by atomic mass is 16.8. The minimum atomic E-state index is -1.00. The quantitative estimate of drug-likeness (QED) is 0.0311. The molecule has 0 amide bonds. The molecule has 0 saturated carbocycles. The standard InChI is InChI=1S/C63H98O24/c1-4-7-9-10-14-22-30-44-45(78-59(68)77-44)31-23-15-13-20-28-36-57(66)75-42(40-73-55(64)34-26-18-11-16-24-32-47-51(84-61(70)80-47)38-50-46(29-21-8-5-2)79-60(69)83-50)41-74-56(65)35-27-19-12-17-25-33-48-52(85-62(71)81-48)39-54-53(86-63(72)87-54)37-49-43(6-3)76-58(67)82-49/h42-54H,4-41H2,1-3H3. The summed E-state index contributed by atoms with van der Waals surface area (Å²) in [6.45, 7) is 5.57. The van der Waals surface area contributed by atoms with Gasteiger partial charge in [-0.3, -0.25) is 14.4 Å². The first-order chi connectivity index (χ1) is 42.2. The van der Waals surface area contributed by atoms with Crippen LogP contribution in [0.2, 0.25) is 0 Å². The Bertz CT molecular complexity index is 2140. The Morgan fingerprint density at radius 3 is 0.862 bits per heavy atom. The van der Waals surface area contributed by atoms with Gasteiger partial charge in [0.25, 0.3) is 0 Å². The molecule has 0 aromatic heterocycles. The molecule has 6 heterocycles. The van der Waals surface area contributed by atoms with Crippen LogP contribution in [0, 0.1) is 0 Å². The molecule has 0 aliphatic carbocycles. The lowest BCUT2D eigenvalue weighted by atomic mass is 9.95. The zero-order valence-electron chi connectivity index (χ0n) is 51.7. The minimum absolute atomic E-state index is 0.119. The van der Waals surface area contributed by atoms with Gasteiger partial charge < -0.3 is 71.1 Å². The number of unbranched alkanes of at least 4 members (excludes halogenated alkanes) is 19. The van der Waals surface area contributed by atoms with E-state index in [0.29, 0.717) is 64.2 Å². The average molecular weight is 1240 g/mol. The third-order valence-corrected chi connectivity index (χ3v) is 17.0. The Morgan fingerprint density at radius 2 is 0.529 bits per heavy atom. The van der Waals surface area contributed by atoms with E-state index in [1.807, 2.05) is 6.92 Å². The molecule has 24 heteroatoms. The van der Waals surface area contributed by atoms with Gasteiger partial charge in [-0.15, -0.1) is 0 Å². The average Bonchev–Trinajstić information content (AvgIpc) is 2.31. The van der Waals surface area contributed by atoms with Crippen LogP contribution in [0.25, 0.3) is 0 Å². The highest BCUT2D eigenvalue weighted by Gasteiger charge is 2.48. The second-order valence-corrected chi connectivity index (χ2v) is 23.9. The van der Waals surface area contributed by atoms with E-state index in [1.165, 1.54) is 25.7 Å². The molecule has 494 valence electrons. The van der Waals surface area contributed by atoms with Crippen molar-refractivity contribution in [2.45, 2.75) is 331 Å². The number of esters is 3. The van der Waals surface area contributed by atoms with E-state index >= 15 is 0 Å². The molecular weight excluding hydrogens is 1140 g/mol. The Kier molecular flexibility index (Phi) is 31.5. The van der Waals surface area contributed by atoms with E-state index in [-0.39, 0.29) is 63.6 Å². The summed E-state index contributed by atoms with van der Waals surface area (Å²) in [7, 11) is 0. The largest absolute Gasteiger partial charge is 0.509 e. The van der Waals surface area contributed by atoms with E-state index in [0.717, 1.165) is 109 Å². The second kappa shape index (κ2) is 39.1. The van der Waals surface area contributed by atoms with Crippen LogP contribution in [0.5, 0.6) is 0 Å². The number of hydrogen-bond acceptors (Lipinski definition) is 24. The molecule has 0 radical (unpaired) electrons. The molecule has 6 rings (SSSR count). The maximum atomic E-state index is 13.1. The monoisotopic (exact) mass is 1240 g/mol. The number of cyclic esters (lactones) is 12. The lowest BCUT2D eigenvalue weighted by Gasteiger charge is -2.22. The lowest BCUT2D eigenvalue weighted by molar-refractivity contribution is -0.167. The van der Waals surface area contributed by atoms with Crippen molar-refractivity contribution in [3.63, 3.8) is 0 Å². The molecule has 87 heavy (non-hydrogen) atoms. The van der Waals surface area contributed by atoms with Crippen LogP contribution in [0.15, 0.2) is 0 Å². The van der Waals surface area contributed by atoms with Crippen LogP contribution in [0.4, 0.5) is 28.8 Å². The van der Waals surface area contributed by atoms with Crippen LogP contribution in [0.3, 0.4) is 0 Å². The Hall–Kier alpha value is -5.97. The Morgan fingerprint density at radius 1 is 0.299 bits per heavy atom. The molecule has 6 aliphatic rings. The first-order valence-electron chi connectivity index (χ1n) is 32.9. The SMILES string of the molecule is CCCCCCCCC1OC(=O)OC1CCCCCCCC(=O)OC(COC(=O)CCCCCCCC1OC(=O)OC1CC1OC(=O)OC1CCCCC)COC(=O)CCCCCCCC1OC(=O)OC1CC1OC(=O)OC1CC1OC(=O)OC1CC. The minimum Gasteiger partial charge on any atom is -0.462 e. The van der Waals surface area contributed by atoms with Gasteiger partial charge in [-0.05, 0) is 89.9 Å². The molecule has 0 aromatic carbocycles. The van der Waals surface area contributed by atoms with Gasteiger partial charge in [-0.2, -0.15) is 0 Å². The van der Waals surface area contributed by atoms with Crippen LogP contribution in [-0.2, 0) is 85.4 Å². The molecule has 6 aliphatic heterocycles. The molecule has 0 aromatic rings. The van der Waals surface area contributed by atoms with Crippen LogP contribution in [0.1, 0.15) is 252 Å². The maximum absolute atomic E-state index is 13.1. The van der Waals surface area contributed by atoms with Gasteiger partial charge in [-0.25, -0.2) is 28.8 Å². The van der Waals surface area contributed by atoms with E-state index < -0.39 is 116 Å². The summed E-state index contributed by atoms with van der Waals surface area (Å²) in [6.07, 6.45) is 14.2. The third-order valence-electron chi connectivity index (χ3n) is 17.0. The molecule has 6 fully saturated rings. The van der Waals surface area contributed by atoms with Crippen molar-refractivity contribution in [3.05, 3.63) is 0 Å². The number of carbonyl (C=O) groups excluding carboxylic acids is 9. The fourth-order valence-corrected chi connectivity index (χ4v) is 12.1. The fourth-order valence-electron chi connectivity index (χ4n) is 12.1. The third kappa shape index (κ3) is 26.0. The zero-order chi connectivity index (χ0) is 62.2. The van der Waals surface area contributed by atoms with Gasteiger partial charge in [0.05, 0.1) is 0 Å². The predicted molar refractivity (Wildman–Crippen MR) is 306 cm³/mol. The fraction of sp³-hybridized carbons (Fsp3) is 0.857. The molecule has 0 spiro atoms. The van der Waals surface area contributed by atoms with Gasteiger partial charge in [0, 0.05) is 38.5 Å². The molecular formula is C63H98O24. The van der Waals surface area contributed by atoms with E-state index in [2.05, 4.69) is 13.8 Å². The number of rotatable bonds is 47. The maximum Gasteiger partial charge on any atom is 0.509 e. The summed E-state index contributed by atoms with van der Waals surface area (Å²) in [5.41, 5.74) is 0. The molecule has 0 bridgehead atoms. The Balaban J connectivity index is 0.858. The summed E-state index contributed by atoms with van der Waals surface area (Å²) in [4.78, 5) is 111. The summed E-state index contributed by atoms with van der Waals surface area (Å²) in [5, 5.41) is 0. The lowest BCUT2D eigenvalue weighted by Crippen LogP contribution is -2.36. The van der Waals surface area contributed by atoms with Crippen molar-refractivity contribution in [1.29, 1.82) is 0 Å². The number of hydrogen-bond donors (Lipinski definition) is 0. The normalized spacial score (nSPS) is 26.7. The highest BCUT2D eigenvalue weighted by molar-refractivity contribution is 5.71. The van der Waals surface area contributed by atoms with Crippen molar-refractivity contribution in [2.75, 3.05) is 13.2 Å². The van der Waals surface area contributed by atoms with Crippen LogP contribution < -0.4 is 0 Å².